The maximum absolute atomic E-state index is 12.1. The van der Waals surface area contributed by atoms with E-state index in [0.717, 1.165) is 12.1 Å². The van der Waals surface area contributed by atoms with Gasteiger partial charge in [-0.1, -0.05) is 12.1 Å². The Labute approximate surface area is 130 Å². The Morgan fingerprint density at radius 3 is 2.30 bits per heavy atom. The Morgan fingerprint density at radius 2 is 1.83 bits per heavy atom. The number of halogens is 3. The number of nitrogens with one attached hydrogen (secondary N) is 2. The smallest absolute Gasteiger partial charge is 0.469 e. The predicted octanol–water partition coefficient (Wildman–Crippen LogP) is 1.52. The first kappa shape index (κ1) is 18.8. The lowest BCUT2D eigenvalue weighted by atomic mass is 10.0. The fourth-order valence-electron chi connectivity index (χ4n) is 1.81. The number of alkyl halides is 3. The van der Waals surface area contributed by atoms with Gasteiger partial charge >= 0.3 is 12.3 Å². The van der Waals surface area contributed by atoms with E-state index in [-0.39, 0.29) is 24.6 Å². The standard InChI is InChI=1S/C14H17F3N2O4/c1-18-8-12(20)19-11(7-13(21)22-2)9-3-5-10(6-4-9)23-14(15,16)17/h3-6,11,18H,7-8H2,1-2H3,(H,19,20). The average molecular weight is 334 g/mol. The Balaban J connectivity index is 2.88. The van der Waals surface area contributed by atoms with Crippen LogP contribution in [-0.2, 0) is 14.3 Å². The Kier molecular flexibility index (Phi) is 6.83. The molecule has 0 fully saturated rings. The van der Waals surface area contributed by atoms with Crippen molar-refractivity contribution in [2.24, 2.45) is 0 Å². The van der Waals surface area contributed by atoms with Gasteiger partial charge in [-0.15, -0.1) is 13.2 Å². The Hall–Kier alpha value is -2.29. The molecule has 1 amide bonds. The molecule has 23 heavy (non-hydrogen) atoms. The van der Waals surface area contributed by atoms with Gasteiger partial charge in [-0.05, 0) is 24.7 Å². The SMILES string of the molecule is CNCC(=O)NC(CC(=O)OC)c1ccc(OC(F)(F)F)cc1. The number of carbonyl (C=O) groups is 2. The van der Waals surface area contributed by atoms with Crippen molar-refractivity contribution in [1.29, 1.82) is 0 Å². The second kappa shape index (κ2) is 8.37. The zero-order valence-corrected chi connectivity index (χ0v) is 12.6. The monoisotopic (exact) mass is 334 g/mol. The van der Waals surface area contributed by atoms with E-state index in [4.69, 9.17) is 0 Å². The highest BCUT2D eigenvalue weighted by molar-refractivity contribution is 5.79. The van der Waals surface area contributed by atoms with E-state index in [1.54, 1.807) is 7.05 Å². The number of methoxy groups -OCH3 is 1. The third-order valence-corrected chi connectivity index (χ3v) is 2.79. The van der Waals surface area contributed by atoms with Gasteiger partial charge in [-0.2, -0.15) is 0 Å². The summed E-state index contributed by atoms with van der Waals surface area (Å²) in [6.07, 6.45) is -4.93. The summed E-state index contributed by atoms with van der Waals surface area (Å²) in [6.45, 7) is 0.0347. The van der Waals surface area contributed by atoms with Crippen LogP contribution in [-0.4, -0.2) is 38.9 Å². The maximum Gasteiger partial charge on any atom is 0.573 e. The van der Waals surface area contributed by atoms with Gasteiger partial charge in [0.25, 0.3) is 0 Å². The highest BCUT2D eigenvalue weighted by Crippen LogP contribution is 2.25. The summed E-state index contributed by atoms with van der Waals surface area (Å²) < 4.78 is 44.7. The van der Waals surface area contributed by atoms with Crippen molar-refractivity contribution in [2.45, 2.75) is 18.8 Å². The van der Waals surface area contributed by atoms with Crippen molar-refractivity contribution >= 4 is 11.9 Å². The van der Waals surface area contributed by atoms with Crippen molar-refractivity contribution in [3.63, 3.8) is 0 Å². The number of ether oxygens (including phenoxy) is 2. The Morgan fingerprint density at radius 1 is 1.22 bits per heavy atom. The molecule has 0 heterocycles. The molecule has 0 spiro atoms. The molecule has 0 radical (unpaired) electrons. The first-order chi connectivity index (χ1) is 10.7. The molecule has 1 unspecified atom stereocenters. The van der Waals surface area contributed by atoms with E-state index in [1.165, 1.54) is 19.2 Å². The summed E-state index contributed by atoms with van der Waals surface area (Å²) in [5, 5.41) is 5.26. The van der Waals surface area contributed by atoms with Crippen LogP contribution in [0.3, 0.4) is 0 Å². The van der Waals surface area contributed by atoms with Crippen LogP contribution in [0.1, 0.15) is 18.0 Å². The van der Waals surface area contributed by atoms with Crippen molar-refractivity contribution in [1.82, 2.24) is 10.6 Å². The van der Waals surface area contributed by atoms with Gasteiger partial charge in [-0.3, -0.25) is 9.59 Å². The average Bonchev–Trinajstić information content (AvgIpc) is 2.45. The number of hydrogen-bond acceptors (Lipinski definition) is 5. The van der Waals surface area contributed by atoms with Crippen molar-refractivity contribution in [3.8, 4) is 5.75 Å². The van der Waals surface area contributed by atoms with E-state index in [0.29, 0.717) is 5.56 Å². The van der Waals surface area contributed by atoms with E-state index < -0.39 is 18.4 Å². The largest absolute Gasteiger partial charge is 0.573 e. The fourth-order valence-corrected chi connectivity index (χ4v) is 1.81. The quantitative estimate of drug-likeness (QED) is 0.740. The molecule has 1 aromatic carbocycles. The van der Waals surface area contributed by atoms with E-state index in [9.17, 15) is 22.8 Å². The molecule has 1 rings (SSSR count). The first-order valence-electron chi connectivity index (χ1n) is 6.61. The molecule has 0 aromatic heterocycles. The van der Waals surface area contributed by atoms with Gasteiger partial charge < -0.3 is 20.1 Å². The van der Waals surface area contributed by atoms with Gasteiger partial charge in [0.2, 0.25) is 5.91 Å². The number of rotatable bonds is 7. The lowest BCUT2D eigenvalue weighted by Gasteiger charge is -2.19. The molecular weight excluding hydrogens is 317 g/mol. The molecule has 2 N–H and O–H groups in total. The van der Waals surface area contributed by atoms with Crippen LogP contribution in [0.2, 0.25) is 0 Å². The second-order valence-electron chi connectivity index (χ2n) is 4.55. The van der Waals surface area contributed by atoms with Gasteiger partial charge in [0.1, 0.15) is 5.75 Å². The molecule has 0 aliphatic heterocycles. The highest BCUT2D eigenvalue weighted by atomic mass is 19.4. The number of carbonyl (C=O) groups excluding carboxylic acids is 2. The molecule has 0 saturated heterocycles. The first-order valence-corrected chi connectivity index (χ1v) is 6.61. The van der Waals surface area contributed by atoms with Gasteiger partial charge in [0.15, 0.2) is 0 Å². The zero-order chi connectivity index (χ0) is 17.5. The van der Waals surface area contributed by atoms with Crippen molar-refractivity contribution < 1.29 is 32.2 Å². The third-order valence-electron chi connectivity index (χ3n) is 2.79. The molecule has 1 aromatic rings. The number of benzene rings is 1. The molecule has 1 atom stereocenters. The minimum Gasteiger partial charge on any atom is -0.469 e. The van der Waals surface area contributed by atoms with E-state index in [1.807, 2.05) is 0 Å². The summed E-state index contributed by atoms with van der Waals surface area (Å²) in [5.74, 6) is -1.31. The van der Waals surface area contributed by atoms with Crippen molar-refractivity contribution in [3.05, 3.63) is 29.8 Å². The molecule has 0 aliphatic carbocycles. The van der Waals surface area contributed by atoms with Crippen LogP contribution < -0.4 is 15.4 Å². The summed E-state index contributed by atoms with van der Waals surface area (Å²) in [6, 6.07) is 4.18. The van der Waals surface area contributed by atoms with Crippen LogP contribution in [0.5, 0.6) is 5.75 Å². The van der Waals surface area contributed by atoms with Crippen LogP contribution in [0.25, 0.3) is 0 Å². The molecule has 0 bridgehead atoms. The fraction of sp³-hybridized carbons (Fsp3) is 0.429. The maximum atomic E-state index is 12.1. The summed E-state index contributed by atoms with van der Waals surface area (Å²) in [4.78, 5) is 23.1. The normalized spacial score (nSPS) is 12.4. The number of amides is 1. The topological polar surface area (TPSA) is 76.7 Å². The lowest BCUT2D eigenvalue weighted by molar-refractivity contribution is -0.274. The van der Waals surface area contributed by atoms with Gasteiger partial charge in [0, 0.05) is 0 Å². The summed E-state index contributed by atoms with van der Waals surface area (Å²) >= 11 is 0. The number of likely N-dealkylation sites (N-methyl/N-ethyl adjacent to an activating group) is 1. The lowest BCUT2D eigenvalue weighted by Crippen LogP contribution is -2.36. The van der Waals surface area contributed by atoms with Gasteiger partial charge in [0.05, 0.1) is 26.1 Å². The Bertz CT molecular complexity index is 532. The molecule has 0 saturated carbocycles. The predicted molar refractivity (Wildman–Crippen MR) is 74.6 cm³/mol. The minimum absolute atomic E-state index is 0.0347. The van der Waals surface area contributed by atoms with Crippen LogP contribution in [0.4, 0.5) is 13.2 Å². The molecule has 128 valence electrons. The van der Waals surface area contributed by atoms with Gasteiger partial charge in [-0.25, -0.2) is 0 Å². The summed E-state index contributed by atoms with van der Waals surface area (Å²) in [7, 11) is 2.78. The molecule has 9 heteroatoms. The summed E-state index contributed by atoms with van der Waals surface area (Å²) in [5.41, 5.74) is 0.453. The number of esters is 1. The minimum atomic E-state index is -4.78. The van der Waals surface area contributed by atoms with Crippen LogP contribution in [0.15, 0.2) is 24.3 Å². The highest BCUT2D eigenvalue weighted by Gasteiger charge is 2.31. The third kappa shape index (κ3) is 7.00. The van der Waals surface area contributed by atoms with Crippen molar-refractivity contribution in [2.75, 3.05) is 20.7 Å². The molecule has 0 aliphatic rings. The van der Waals surface area contributed by atoms with Crippen LogP contribution in [0, 0.1) is 0 Å². The number of hydrogen-bond donors (Lipinski definition) is 2. The van der Waals surface area contributed by atoms with E-state index >= 15 is 0 Å². The molecular formula is C14H17F3N2O4. The van der Waals surface area contributed by atoms with Crippen LogP contribution >= 0.6 is 0 Å². The molecule has 6 nitrogen and oxygen atoms in total. The second-order valence-corrected chi connectivity index (χ2v) is 4.55. The van der Waals surface area contributed by atoms with E-state index in [2.05, 4.69) is 20.1 Å². The zero-order valence-electron chi connectivity index (χ0n) is 12.6.